The van der Waals surface area contributed by atoms with E-state index in [1.54, 1.807) is 4.57 Å². The molecule has 1 fully saturated rings. The Morgan fingerprint density at radius 3 is 2.80 bits per heavy atom. The smallest absolute Gasteiger partial charge is 0.346 e. The van der Waals surface area contributed by atoms with Gasteiger partial charge in [-0.3, -0.25) is 14.3 Å². The van der Waals surface area contributed by atoms with E-state index in [9.17, 15) is 9.59 Å². The highest BCUT2D eigenvalue weighted by molar-refractivity contribution is 5.75. The van der Waals surface area contributed by atoms with Gasteiger partial charge in [0.2, 0.25) is 5.91 Å². The van der Waals surface area contributed by atoms with Crippen molar-refractivity contribution in [1.82, 2.24) is 24.6 Å². The van der Waals surface area contributed by atoms with Crippen molar-refractivity contribution in [1.29, 1.82) is 0 Å². The molecule has 0 radical (unpaired) electrons. The molecule has 1 unspecified atom stereocenters. The summed E-state index contributed by atoms with van der Waals surface area (Å²) in [5.41, 5.74) is 2.23. The topological polar surface area (TPSA) is 72.2 Å². The first-order valence-corrected chi connectivity index (χ1v) is 11.3. The van der Waals surface area contributed by atoms with Crippen molar-refractivity contribution < 1.29 is 4.79 Å². The maximum Gasteiger partial charge on any atom is 0.346 e. The highest BCUT2D eigenvalue weighted by atomic mass is 16.2. The van der Waals surface area contributed by atoms with Crippen molar-refractivity contribution in [2.24, 2.45) is 5.92 Å². The molecule has 30 heavy (non-hydrogen) atoms. The molecule has 0 aliphatic carbocycles. The summed E-state index contributed by atoms with van der Waals surface area (Å²) in [7, 11) is 0. The van der Waals surface area contributed by atoms with Crippen molar-refractivity contribution in [2.45, 2.75) is 71.6 Å². The summed E-state index contributed by atoms with van der Waals surface area (Å²) >= 11 is 0. The lowest BCUT2D eigenvalue weighted by atomic mass is 9.99. The number of aromatic nitrogens is 3. The fourth-order valence-electron chi connectivity index (χ4n) is 4.67. The van der Waals surface area contributed by atoms with Crippen molar-refractivity contribution in [3.8, 4) is 0 Å². The second kappa shape index (κ2) is 9.60. The number of nitrogens with zero attached hydrogens (tertiary/aromatic N) is 4. The van der Waals surface area contributed by atoms with Crippen molar-refractivity contribution in [2.75, 3.05) is 13.1 Å². The first kappa shape index (κ1) is 20.8. The first-order chi connectivity index (χ1) is 14.6. The van der Waals surface area contributed by atoms with Gasteiger partial charge >= 0.3 is 5.69 Å². The monoisotopic (exact) mass is 411 g/mol. The number of aryl methyl sites for hydroxylation is 1. The fourth-order valence-corrected chi connectivity index (χ4v) is 4.67. The van der Waals surface area contributed by atoms with E-state index in [0.717, 1.165) is 62.6 Å². The molecule has 1 saturated heterocycles. The van der Waals surface area contributed by atoms with Gasteiger partial charge in [-0.15, -0.1) is 0 Å². The molecule has 4 rings (SSSR count). The van der Waals surface area contributed by atoms with Gasteiger partial charge in [-0.1, -0.05) is 37.6 Å². The van der Waals surface area contributed by atoms with E-state index >= 15 is 0 Å². The maximum absolute atomic E-state index is 12.6. The average Bonchev–Trinajstić information content (AvgIpc) is 2.89. The normalized spacial score (nSPS) is 19.8. The van der Waals surface area contributed by atoms with E-state index in [0.29, 0.717) is 13.1 Å². The van der Waals surface area contributed by atoms with E-state index in [1.165, 1.54) is 23.1 Å². The number of rotatable bonds is 6. The number of fused-ring (bicyclic) bond motifs is 1. The first-order valence-electron chi connectivity index (χ1n) is 11.3. The van der Waals surface area contributed by atoms with Crippen molar-refractivity contribution in [3.05, 3.63) is 51.7 Å². The summed E-state index contributed by atoms with van der Waals surface area (Å²) in [4.78, 5) is 27.6. The Kier molecular flexibility index (Phi) is 6.67. The van der Waals surface area contributed by atoms with Gasteiger partial charge in [0.1, 0.15) is 12.4 Å². The number of benzene rings is 1. The molecule has 2 aliphatic heterocycles. The molecule has 2 aliphatic rings. The number of carbonyl (C=O) groups is 1. The molecule has 1 amide bonds. The molecule has 7 heteroatoms. The minimum Gasteiger partial charge on any atom is -0.350 e. The van der Waals surface area contributed by atoms with Crippen LogP contribution in [0.2, 0.25) is 0 Å². The van der Waals surface area contributed by atoms with Crippen LogP contribution in [0.4, 0.5) is 0 Å². The number of amides is 1. The van der Waals surface area contributed by atoms with Gasteiger partial charge in [-0.05, 0) is 49.3 Å². The average molecular weight is 412 g/mol. The summed E-state index contributed by atoms with van der Waals surface area (Å²) in [6, 6.07) is 8.30. The van der Waals surface area contributed by atoms with Gasteiger partial charge in [0, 0.05) is 32.6 Å². The van der Waals surface area contributed by atoms with Crippen molar-refractivity contribution in [3.63, 3.8) is 0 Å². The third-order valence-corrected chi connectivity index (χ3v) is 6.30. The molecule has 0 saturated carbocycles. The molecule has 162 valence electrons. The number of hydrogen-bond acceptors (Lipinski definition) is 4. The quantitative estimate of drug-likeness (QED) is 0.792. The number of carbonyl (C=O) groups excluding carboxylic acids is 1. The lowest BCUT2D eigenvalue weighted by molar-refractivity contribution is -0.122. The lowest BCUT2D eigenvalue weighted by Crippen LogP contribution is -2.35. The lowest BCUT2D eigenvalue weighted by Gasteiger charge is -2.31. The van der Waals surface area contributed by atoms with E-state index in [4.69, 9.17) is 0 Å². The van der Waals surface area contributed by atoms with Gasteiger partial charge in [0.25, 0.3) is 0 Å². The Hall–Kier alpha value is -2.41. The predicted octanol–water partition coefficient (Wildman–Crippen LogP) is 2.32. The molecule has 0 spiro atoms. The summed E-state index contributed by atoms with van der Waals surface area (Å²) in [6.45, 7) is 6.66. The van der Waals surface area contributed by atoms with E-state index in [2.05, 4.69) is 40.4 Å². The second-order valence-electron chi connectivity index (χ2n) is 8.85. The highest BCUT2D eigenvalue weighted by Gasteiger charge is 2.19. The molecule has 1 aromatic heterocycles. The summed E-state index contributed by atoms with van der Waals surface area (Å²) < 4.78 is 3.05. The Morgan fingerprint density at radius 1 is 1.13 bits per heavy atom. The molecule has 2 aromatic rings. The molecular formula is C23H33N5O2. The SMILES string of the molecule is CC1CCCN(Cc2ccccc2CNC(=O)Cn2nc3n(c2=O)CCCCC3)C1. The van der Waals surface area contributed by atoms with Crippen LogP contribution < -0.4 is 11.0 Å². The van der Waals surface area contributed by atoms with Crippen LogP contribution in [-0.2, 0) is 37.4 Å². The van der Waals surface area contributed by atoms with Crippen LogP contribution in [0, 0.1) is 5.92 Å². The second-order valence-corrected chi connectivity index (χ2v) is 8.85. The maximum atomic E-state index is 12.6. The Bertz CT molecular complexity index is 932. The number of nitrogens with one attached hydrogen (secondary N) is 1. The number of piperidine rings is 1. The zero-order valence-corrected chi connectivity index (χ0v) is 18.0. The Labute approximate surface area is 178 Å². The third-order valence-electron chi connectivity index (χ3n) is 6.30. The van der Waals surface area contributed by atoms with Crippen LogP contribution in [0.15, 0.2) is 29.1 Å². The van der Waals surface area contributed by atoms with Crippen LogP contribution in [0.5, 0.6) is 0 Å². The summed E-state index contributed by atoms with van der Waals surface area (Å²) in [5.74, 6) is 1.38. The standard InChI is InChI=1S/C23H33N5O2/c1-18-8-7-12-26(15-18)16-20-10-5-4-9-19(20)14-24-22(29)17-28-23(30)27-13-6-2-3-11-21(27)25-28/h4-5,9-10,18H,2-3,6-8,11-17H2,1H3,(H,24,29). The third kappa shape index (κ3) is 5.01. The van der Waals surface area contributed by atoms with Crippen molar-refractivity contribution >= 4 is 5.91 Å². The zero-order chi connectivity index (χ0) is 20.9. The molecular weight excluding hydrogens is 378 g/mol. The van der Waals surface area contributed by atoms with Gasteiger partial charge in [0.05, 0.1) is 0 Å². The molecule has 1 N–H and O–H groups in total. The van der Waals surface area contributed by atoms with Crippen LogP contribution >= 0.6 is 0 Å². The van der Waals surface area contributed by atoms with Gasteiger partial charge < -0.3 is 5.32 Å². The molecule has 0 bridgehead atoms. The summed E-state index contributed by atoms with van der Waals surface area (Å²) in [5, 5.41) is 7.39. The largest absolute Gasteiger partial charge is 0.350 e. The predicted molar refractivity (Wildman–Crippen MR) is 116 cm³/mol. The van der Waals surface area contributed by atoms with Gasteiger partial charge in [-0.2, -0.15) is 5.10 Å². The van der Waals surface area contributed by atoms with E-state index < -0.39 is 0 Å². The van der Waals surface area contributed by atoms with E-state index in [1.807, 2.05) is 6.07 Å². The molecule has 1 aromatic carbocycles. The summed E-state index contributed by atoms with van der Waals surface area (Å²) in [6.07, 6.45) is 6.55. The van der Waals surface area contributed by atoms with Crippen LogP contribution in [-0.4, -0.2) is 38.2 Å². The number of hydrogen-bond donors (Lipinski definition) is 1. The van der Waals surface area contributed by atoms with Crippen LogP contribution in [0.25, 0.3) is 0 Å². The molecule has 1 atom stereocenters. The number of likely N-dealkylation sites (tertiary alicyclic amines) is 1. The molecule has 3 heterocycles. The highest BCUT2D eigenvalue weighted by Crippen LogP contribution is 2.19. The zero-order valence-electron chi connectivity index (χ0n) is 18.0. The van der Waals surface area contributed by atoms with Gasteiger partial charge in [0.15, 0.2) is 0 Å². The fraction of sp³-hybridized carbons (Fsp3) is 0.609. The van der Waals surface area contributed by atoms with E-state index in [-0.39, 0.29) is 18.1 Å². The van der Waals surface area contributed by atoms with Crippen LogP contribution in [0.1, 0.15) is 56.0 Å². The minimum absolute atomic E-state index is 0.0232. The Morgan fingerprint density at radius 2 is 1.97 bits per heavy atom. The Balaban J connectivity index is 1.36. The van der Waals surface area contributed by atoms with Gasteiger partial charge in [-0.25, -0.2) is 9.48 Å². The minimum atomic E-state index is -0.174. The van der Waals surface area contributed by atoms with Crippen LogP contribution in [0.3, 0.4) is 0 Å². The molecule has 7 nitrogen and oxygen atoms in total.